The zero-order valence-corrected chi connectivity index (χ0v) is 14.1. The molecule has 0 fully saturated rings. The molecule has 0 aromatic heterocycles. The fourth-order valence-corrected chi connectivity index (χ4v) is 3.14. The predicted octanol–water partition coefficient (Wildman–Crippen LogP) is 5.34. The first-order valence-corrected chi connectivity index (χ1v) is 8.40. The average molecular weight is 312 g/mol. The van der Waals surface area contributed by atoms with E-state index in [1.807, 2.05) is 69.3 Å². The van der Waals surface area contributed by atoms with Crippen LogP contribution in [0, 0.1) is 13.8 Å². The van der Waals surface area contributed by atoms with Gasteiger partial charge in [0.2, 0.25) is 0 Å². The number of hydrogen-bond acceptors (Lipinski definition) is 2. The number of benzene rings is 2. The molecule has 22 heavy (non-hydrogen) atoms. The van der Waals surface area contributed by atoms with Gasteiger partial charge in [-0.05, 0) is 37.0 Å². The van der Waals surface area contributed by atoms with E-state index in [9.17, 15) is 9.36 Å². The lowest BCUT2D eigenvalue weighted by atomic mass is 9.84. The third kappa shape index (κ3) is 3.69. The van der Waals surface area contributed by atoms with Crippen LogP contribution in [0.2, 0.25) is 0 Å². The SMILES string of the molecule is Cc1cccc(C)c1C(=O)C(CC(C)P=O)c1ccccc1. The molecule has 2 nitrogen and oxygen atoms in total. The summed E-state index contributed by atoms with van der Waals surface area (Å²) in [5, 5.41) is 0. The van der Waals surface area contributed by atoms with Crippen LogP contribution in [0.3, 0.4) is 0 Å². The minimum atomic E-state index is -0.252. The van der Waals surface area contributed by atoms with Gasteiger partial charge in [0.1, 0.15) is 0 Å². The van der Waals surface area contributed by atoms with Gasteiger partial charge in [0.25, 0.3) is 0 Å². The molecule has 114 valence electrons. The number of ketones is 1. The number of carbonyl (C=O) groups excluding carboxylic acids is 1. The van der Waals surface area contributed by atoms with Gasteiger partial charge >= 0.3 is 0 Å². The van der Waals surface area contributed by atoms with Crippen molar-refractivity contribution in [3.8, 4) is 0 Å². The van der Waals surface area contributed by atoms with Gasteiger partial charge in [-0.15, -0.1) is 0 Å². The Bertz CT molecular complexity index is 644. The van der Waals surface area contributed by atoms with E-state index >= 15 is 0 Å². The van der Waals surface area contributed by atoms with Crippen molar-refractivity contribution in [1.82, 2.24) is 0 Å². The molecule has 2 rings (SSSR count). The van der Waals surface area contributed by atoms with Gasteiger partial charge in [0, 0.05) is 17.1 Å². The summed E-state index contributed by atoms with van der Waals surface area (Å²) in [6, 6.07) is 15.7. The van der Waals surface area contributed by atoms with Gasteiger partial charge in [-0.3, -0.25) is 9.36 Å². The first kappa shape index (κ1) is 16.6. The van der Waals surface area contributed by atoms with E-state index in [4.69, 9.17) is 0 Å². The van der Waals surface area contributed by atoms with E-state index in [1.54, 1.807) is 0 Å². The second kappa shape index (κ2) is 7.47. The lowest BCUT2D eigenvalue weighted by Gasteiger charge is -2.20. The Hall–Kier alpha value is -1.79. The van der Waals surface area contributed by atoms with Crippen LogP contribution in [-0.4, -0.2) is 11.4 Å². The maximum Gasteiger partial charge on any atom is 0.170 e. The van der Waals surface area contributed by atoms with Crippen LogP contribution in [0.15, 0.2) is 48.5 Å². The van der Waals surface area contributed by atoms with E-state index in [0.29, 0.717) is 6.42 Å². The Labute approximate surface area is 133 Å². The highest BCUT2D eigenvalue weighted by atomic mass is 31.1. The second-order valence-electron chi connectivity index (χ2n) is 5.78. The molecule has 2 unspecified atom stereocenters. The Morgan fingerprint density at radius 3 is 2.14 bits per heavy atom. The molecule has 0 heterocycles. The highest BCUT2D eigenvalue weighted by Gasteiger charge is 2.26. The molecule has 0 radical (unpaired) electrons. The number of aryl methyl sites for hydroxylation is 2. The largest absolute Gasteiger partial charge is 0.293 e. The van der Waals surface area contributed by atoms with Gasteiger partial charge in [-0.25, -0.2) is 0 Å². The third-order valence-electron chi connectivity index (χ3n) is 4.00. The Morgan fingerprint density at radius 1 is 1.00 bits per heavy atom. The van der Waals surface area contributed by atoms with Crippen LogP contribution >= 0.6 is 8.46 Å². The number of carbonyl (C=O) groups is 1. The summed E-state index contributed by atoms with van der Waals surface area (Å²) in [5.74, 6) is -0.130. The fraction of sp³-hybridized carbons (Fsp3) is 0.316. The van der Waals surface area contributed by atoms with Crippen LogP contribution in [0.4, 0.5) is 0 Å². The van der Waals surface area contributed by atoms with Crippen LogP contribution in [0.5, 0.6) is 0 Å². The maximum atomic E-state index is 13.1. The molecule has 2 atom stereocenters. The highest BCUT2D eigenvalue weighted by molar-refractivity contribution is 7.24. The van der Waals surface area contributed by atoms with Crippen molar-refractivity contribution in [2.45, 2.75) is 38.8 Å². The Kier molecular flexibility index (Phi) is 5.63. The summed E-state index contributed by atoms with van der Waals surface area (Å²) in [5.41, 5.74) is 3.74. The molecular formula is C19H21O2P. The lowest BCUT2D eigenvalue weighted by Crippen LogP contribution is -2.18. The molecule has 0 aliphatic carbocycles. The van der Waals surface area contributed by atoms with Crippen molar-refractivity contribution in [3.63, 3.8) is 0 Å². The molecule has 0 N–H and O–H groups in total. The maximum absolute atomic E-state index is 13.1. The van der Waals surface area contributed by atoms with Gasteiger partial charge in [0.05, 0.1) is 0 Å². The second-order valence-corrected chi connectivity index (χ2v) is 6.88. The normalized spacial score (nSPS) is 13.8. The number of rotatable bonds is 6. The Morgan fingerprint density at radius 2 is 1.59 bits per heavy atom. The third-order valence-corrected chi connectivity index (χ3v) is 4.57. The zero-order valence-electron chi connectivity index (χ0n) is 13.2. The standard InChI is InChI=1S/C19H21O2P/c1-13-8-7-9-14(2)18(13)19(20)17(12-15(3)22-21)16-10-5-4-6-11-16/h4-11,15,17H,12H2,1-3H3. The van der Waals surface area contributed by atoms with Crippen molar-refractivity contribution < 1.29 is 9.36 Å². The van der Waals surface area contributed by atoms with E-state index in [-0.39, 0.29) is 25.8 Å². The molecule has 0 saturated carbocycles. The summed E-state index contributed by atoms with van der Waals surface area (Å²) in [6.07, 6.45) is 0.585. The summed E-state index contributed by atoms with van der Waals surface area (Å²) in [7, 11) is 0.0892. The van der Waals surface area contributed by atoms with E-state index < -0.39 is 0 Å². The highest BCUT2D eigenvalue weighted by Crippen LogP contribution is 2.31. The van der Waals surface area contributed by atoms with Gasteiger partial charge in [-0.1, -0.05) is 55.5 Å². The number of hydrogen-bond donors (Lipinski definition) is 0. The molecule has 0 aliphatic rings. The summed E-state index contributed by atoms with van der Waals surface area (Å²) in [4.78, 5) is 13.1. The van der Waals surface area contributed by atoms with Crippen LogP contribution in [0.1, 0.15) is 46.3 Å². The van der Waals surface area contributed by atoms with Crippen molar-refractivity contribution in [1.29, 1.82) is 0 Å². The molecule has 2 aromatic carbocycles. The summed E-state index contributed by atoms with van der Waals surface area (Å²) >= 11 is 0. The van der Waals surface area contributed by atoms with E-state index in [0.717, 1.165) is 22.3 Å². The van der Waals surface area contributed by atoms with Crippen LogP contribution < -0.4 is 0 Å². The molecule has 0 amide bonds. The van der Waals surface area contributed by atoms with Crippen molar-refractivity contribution in [2.24, 2.45) is 0 Å². The summed E-state index contributed by atoms with van der Waals surface area (Å²) in [6.45, 7) is 5.84. The average Bonchev–Trinajstić information content (AvgIpc) is 2.52. The topological polar surface area (TPSA) is 34.1 Å². The molecule has 0 aliphatic heterocycles. The van der Waals surface area contributed by atoms with Crippen molar-refractivity contribution >= 4 is 14.2 Å². The molecule has 0 saturated heterocycles. The van der Waals surface area contributed by atoms with E-state index in [1.165, 1.54) is 0 Å². The zero-order chi connectivity index (χ0) is 16.1. The molecule has 0 spiro atoms. The predicted molar refractivity (Wildman–Crippen MR) is 91.1 cm³/mol. The van der Waals surface area contributed by atoms with Crippen molar-refractivity contribution in [2.75, 3.05) is 0 Å². The summed E-state index contributed by atoms with van der Waals surface area (Å²) < 4.78 is 11.2. The van der Waals surface area contributed by atoms with Gasteiger partial charge in [0.15, 0.2) is 14.2 Å². The minimum absolute atomic E-state index is 0.0431. The Balaban J connectivity index is 2.45. The quantitative estimate of drug-likeness (QED) is 0.533. The van der Waals surface area contributed by atoms with Crippen LogP contribution in [-0.2, 0) is 4.57 Å². The number of Topliss-reactive ketones (excluding diaryl/α,β-unsaturated/α-hetero) is 1. The molecule has 0 bridgehead atoms. The lowest BCUT2D eigenvalue weighted by molar-refractivity contribution is 0.0954. The molecular weight excluding hydrogens is 291 g/mol. The first-order valence-electron chi connectivity index (χ1n) is 7.52. The van der Waals surface area contributed by atoms with Gasteiger partial charge in [-0.2, -0.15) is 0 Å². The fourth-order valence-electron chi connectivity index (χ4n) is 2.84. The van der Waals surface area contributed by atoms with Crippen LogP contribution in [0.25, 0.3) is 0 Å². The van der Waals surface area contributed by atoms with Crippen molar-refractivity contribution in [3.05, 3.63) is 70.8 Å². The smallest absolute Gasteiger partial charge is 0.170 e. The van der Waals surface area contributed by atoms with Gasteiger partial charge < -0.3 is 0 Å². The minimum Gasteiger partial charge on any atom is -0.293 e. The molecule has 2 aromatic rings. The molecule has 3 heteroatoms. The first-order chi connectivity index (χ1) is 10.5. The van der Waals surface area contributed by atoms with E-state index in [2.05, 4.69) is 0 Å². The monoisotopic (exact) mass is 312 g/mol.